The maximum absolute atomic E-state index is 11.4. The van der Waals surface area contributed by atoms with E-state index in [1.165, 1.54) is 0 Å². The minimum atomic E-state index is -0.144. The highest BCUT2D eigenvalue weighted by atomic mass is 16.3. The summed E-state index contributed by atoms with van der Waals surface area (Å²) >= 11 is 0. The van der Waals surface area contributed by atoms with Gasteiger partial charge in [0.05, 0.1) is 6.54 Å². The molecule has 0 saturated carbocycles. The molecular formula is C8H13NO2. The Kier molecular flexibility index (Phi) is 1.51. The van der Waals surface area contributed by atoms with Gasteiger partial charge in [0.15, 0.2) is 5.78 Å². The molecule has 11 heavy (non-hydrogen) atoms. The highest BCUT2D eigenvalue weighted by Gasteiger charge is 2.49. The van der Waals surface area contributed by atoms with Crippen LogP contribution in [0.1, 0.15) is 12.8 Å². The molecule has 0 amide bonds. The monoisotopic (exact) mass is 155 g/mol. The maximum Gasteiger partial charge on any atom is 0.154 e. The zero-order valence-electron chi connectivity index (χ0n) is 6.55. The molecular weight excluding hydrogens is 142 g/mol. The number of aliphatic hydroxyl groups excluding tert-OH is 1. The Balaban J connectivity index is 2.16. The van der Waals surface area contributed by atoms with Gasteiger partial charge in [-0.25, -0.2) is 0 Å². The number of fused-ring (bicyclic) bond motifs is 2. The second-order valence-corrected chi connectivity index (χ2v) is 3.64. The zero-order valence-corrected chi connectivity index (χ0v) is 6.55. The van der Waals surface area contributed by atoms with Crippen LogP contribution in [-0.2, 0) is 4.79 Å². The highest BCUT2D eigenvalue weighted by molar-refractivity contribution is 5.89. The molecule has 2 aliphatic rings. The molecule has 3 nitrogen and oxygen atoms in total. The summed E-state index contributed by atoms with van der Waals surface area (Å²) in [5, 5.41) is 8.79. The normalized spacial score (nSPS) is 41.9. The summed E-state index contributed by atoms with van der Waals surface area (Å²) in [5.74, 6) is 0.345. The largest absolute Gasteiger partial charge is 0.396 e. The van der Waals surface area contributed by atoms with Crippen molar-refractivity contribution in [1.29, 1.82) is 0 Å². The second kappa shape index (κ2) is 2.29. The van der Waals surface area contributed by atoms with Gasteiger partial charge in [-0.05, 0) is 19.4 Å². The van der Waals surface area contributed by atoms with Crippen LogP contribution in [-0.4, -0.2) is 42.0 Å². The van der Waals surface area contributed by atoms with Crippen LogP contribution in [0, 0.1) is 5.41 Å². The Hall–Kier alpha value is -0.410. The fourth-order valence-corrected chi connectivity index (χ4v) is 2.25. The van der Waals surface area contributed by atoms with Crippen LogP contribution in [0.4, 0.5) is 0 Å². The Morgan fingerprint density at radius 2 is 2.45 bits per heavy atom. The summed E-state index contributed by atoms with van der Waals surface area (Å²) in [6, 6.07) is 0. The van der Waals surface area contributed by atoms with Gasteiger partial charge in [-0.2, -0.15) is 0 Å². The first-order valence-electron chi connectivity index (χ1n) is 4.13. The van der Waals surface area contributed by atoms with Crippen molar-refractivity contribution in [2.75, 3.05) is 26.2 Å². The minimum Gasteiger partial charge on any atom is -0.396 e. The third-order valence-electron chi connectivity index (χ3n) is 2.98. The molecule has 62 valence electrons. The summed E-state index contributed by atoms with van der Waals surface area (Å²) in [6.45, 7) is 2.72. The van der Waals surface area contributed by atoms with Gasteiger partial charge in [0.25, 0.3) is 0 Å². The van der Waals surface area contributed by atoms with Crippen LogP contribution >= 0.6 is 0 Å². The van der Waals surface area contributed by atoms with Crippen LogP contribution in [0.15, 0.2) is 0 Å². The zero-order chi connectivity index (χ0) is 7.90. The van der Waals surface area contributed by atoms with E-state index in [9.17, 15) is 4.79 Å². The van der Waals surface area contributed by atoms with Gasteiger partial charge in [0.1, 0.15) is 0 Å². The van der Waals surface area contributed by atoms with Crippen molar-refractivity contribution in [2.45, 2.75) is 12.8 Å². The molecule has 0 aliphatic carbocycles. The minimum absolute atomic E-state index is 0.144. The number of ketones is 1. The van der Waals surface area contributed by atoms with Crippen molar-refractivity contribution in [3.05, 3.63) is 0 Å². The molecule has 2 unspecified atom stereocenters. The SMILES string of the molecule is O=C1CN2CCC1(CCO)C2. The lowest BCUT2D eigenvalue weighted by Crippen LogP contribution is -2.32. The lowest BCUT2D eigenvalue weighted by atomic mass is 9.81. The van der Waals surface area contributed by atoms with E-state index in [1.54, 1.807) is 0 Å². The average molecular weight is 155 g/mol. The van der Waals surface area contributed by atoms with Crippen LogP contribution in [0.2, 0.25) is 0 Å². The summed E-state index contributed by atoms with van der Waals surface area (Å²) in [5.41, 5.74) is -0.144. The first-order chi connectivity index (χ1) is 5.27. The quantitative estimate of drug-likeness (QED) is 0.592. The van der Waals surface area contributed by atoms with Crippen LogP contribution in [0.3, 0.4) is 0 Å². The predicted octanol–water partition coefficient (Wildman–Crippen LogP) is -0.356. The second-order valence-electron chi connectivity index (χ2n) is 3.64. The average Bonchev–Trinajstić information content (AvgIpc) is 2.45. The number of Topliss-reactive ketones (excluding diaryl/α,β-unsaturated/α-hetero) is 1. The van der Waals surface area contributed by atoms with Crippen LogP contribution in [0.5, 0.6) is 0 Å². The molecule has 2 rings (SSSR count). The van der Waals surface area contributed by atoms with Crippen molar-refractivity contribution in [3.63, 3.8) is 0 Å². The van der Waals surface area contributed by atoms with Gasteiger partial charge in [-0.15, -0.1) is 0 Å². The number of aliphatic hydroxyl groups is 1. The van der Waals surface area contributed by atoms with Gasteiger partial charge in [-0.3, -0.25) is 9.69 Å². The molecule has 2 aliphatic heterocycles. The number of carbonyl (C=O) groups excluding carboxylic acids is 1. The third-order valence-corrected chi connectivity index (χ3v) is 2.98. The van der Waals surface area contributed by atoms with Gasteiger partial charge >= 0.3 is 0 Å². The van der Waals surface area contributed by atoms with E-state index in [0.29, 0.717) is 18.7 Å². The molecule has 0 aromatic heterocycles. The molecule has 0 radical (unpaired) electrons. The summed E-state index contributed by atoms with van der Waals surface area (Å²) in [6.07, 6.45) is 1.63. The van der Waals surface area contributed by atoms with E-state index in [2.05, 4.69) is 4.90 Å². The highest BCUT2D eigenvalue weighted by Crippen LogP contribution is 2.40. The van der Waals surface area contributed by atoms with Crippen LogP contribution < -0.4 is 0 Å². The lowest BCUT2D eigenvalue weighted by molar-refractivity contribution is -0.126. The van der Waals surface area contributed by atoms with E-state index < -0.39 is 0 Å². The lowest BCUT2D eigenvalue weighted by Gasteiger charge is -2.21. The molecule has 0 aromatic rings. The Morgan fingerprint density at radius 1 is 1.64 bits per heavy atom. The molecule has 2 fully saturated rings. The first kappa shape index (κ1) is 7.25. The molecule has 3 heteroatoms. The predicted molar refractivity (Wildman–Crippen MR) is 40.2 cm³/mol. The molecule has 2 heterocycles. The fourth-order valence-electron chi connectivity index (χ4n) is 2.25. The van der Waals surface area contributed by atoms with Crippen molar-refractivity contribution in [3.8, 4) is 0 Å². The Bertz CT molecular complexity index is 193. The number of carbonyl (C=O) groups is 1. The van der Waals surface area contributed by atoms with E-state index in [0.717, 1.165) is 19.5 Å². The molecule has 0 aromatic carbocycles. The molecule has 2 atom stereocenters. The van der Waals surface area contributed by atoms with E-state index >= 15 is 0 Å². The topological polar surface area (TPSA) is 40.5 Å². The van der Waals surface area contributed by atoms with Gasteiger partial charge in [0, 0.05) is 18.6 Å². The maximum atomic E-state index is 11.4. The molecule has 2 bridgehead atoms. The number of hydrogen-bond acceptors (Lipinski definition) is 3. The number of nitrogens with zero attached hydrogens (tertiary/aromatic N) is 1. The van der Waals surface area contributed by atoms with E-state index in [1.807, 2.05) is 0 Å². The van der Waals surface area contributed by atoms with Crippen LogP contribution in [0.25, 0.3) is 0 Å². The molecule has 0 spiro atoms. The van der Waals surface area contributed by atoms with Gasteiger partial charge in [-0.1, -0.05) is 0 Å². The van der Waals surface area contributed by atoms with E-state index in [4.69, 9.17) is 5.11 Å². The smallest absolute Gasteiger partial charge is 0.154 e. The number of piperidine rings is 1. The summed E-state index contributed by atoms with van der Waals surface area (Å²) in [4.78, 5) is 13.6. The summed E-state index contributed by atoms with van der Waals surface area (Å²) in [7, 11) is 0. The van der Waals surface area contributed by atoms with Crippen molar-refractivity contribution in [2.24, 2.45) is 5.41 Å². The van der Waals surface area contributed by atoms with E-state index in [-0.39, 0.29) is 12.0 Å². The standard InChI is InChI=1S/C8H13NO2/c10-4-2-8-1-3-9(6-8)5-7(8)11/h10H,1-6H2. The van der Waals surface area contributed by atoms with Crippen molar-refractivity contribution in [1.82, 2.24) is 4.90 Å². The molecule has 1 N–H and O–H groups in total. The van der Waals surface area contributed by atoms with Crippen molar-refractivity contribution < 1.29 is 9.90 Å². The fraction of sp³-hybridized carbons (Fsp3) is 0.875. The van der Waals surface area contributed by atoms with Gasteiger partial charge < -0.3 is 5.11 Å². The Labute approximate surface area is 66.0 Å². The summed E-state index contributed by atoms with van der Waals surface area (Å²) < 4.78 is 0. The first-order valence-corrected chi connectivity index (χ1v) is 4.13. The third kappa shape index (κ3) is 0.914. The Morgan fingerprint density at radius 3 is 2.91 bits per heavy atom. The number of hydrogen-bond donors (Lipinski definition) is 1. The van der Waals surface area contributed by atoms with Crippen molar-refractivity contribution >= 4 is 5.78 Å². The number of rotatable bonds is 2. The van der Waals surface area contributed by atoms with Gasteiger partial charge in [0.2, 0.25) is 0 Å². The molecule has 2 saturated heterocycles.